The fourth-order valence-electron chi connectivity index (χ4n) is 1.83. The third kappa shape index (κ3) is 2.99. The molecule has 1 amide bonds. The van der Waals surface area contributed by atoms with Crippen LogP contribution in [0.3, 0.4) is 0 Å². The molecule has 1 aliphatic carbocycles. The first kappa shape index (κ1) is 12.0. The second-order valence-electron chi connectivity index (χ2n) is 4.66. The maximum atomic E-state index is 11.9. The lowest BCUT2D eigenvalue weighted by Crippen LogP contribution is -2.25. The Kier molecular flexibility index (Phi) is 3.67. The van der Waals surface area contributed by atoms with Crippen LogP contribution in [0.2, 0.25) is 0 Å². The number of phenolic OH excluding ortho intramolecular Hbond substituents is 1. The van der Waals surface area contributed by atoms with E-state index in [9.17, 15) is 9.90 Å². The molecule has 1 aliphatic rings. The molecule has 3 nitrogen and oxygen atoms in total. The van der Waals surface area contributed by atoms with E-state index in [4.69, 9.17) is 0 Å². The maximum absolute atomic E-state index is 11.9. The highest BCUT2D eigenvalue weighted by Gasteiger charge is 2.25. The molecule has 0 radical (unpaired) electrons. The molecule has 1 fully saturated rings. The summed E-state index contributed by atoms with van der Waals surface area (Å²) in [5, 5.41) is 13.0. The largest absolute Gasteiger partial charge is 0.507 e. The number of nitrogens with one attached hydrogen (secondary N) is 1. The van der Waals surface area contributed by atoms with Gasteiger partial charge in [0.1, 0.15) is 5.75 Å². The standard InChI is InChI=1S/C14H19NO2/c1-2-3-5-10-6-4-7-12(13(10)16)14(17)15-11-8-9-11/h4,6-7,11,16H,2-3,5,8-9H2,1H3,(H,15,17). The first-order chi connectivity index (χ1) is 8.22. The molecule has 0 spiro atoms. The number of hydrogen-bond acceptors (Lipinski definition) is 2. The summed E-state index contributed by atoms with van der Waals surface area (Å²) < 4.78 is 0. The minimum atomic E-state index is -0.150. The average molecular weight is 233 g/mol. The minimum Gasteiger partial charge on any atom is -0.507 e. The zero-order chi connectivity index (χ0) is 12.3. The van der Waals surface area contributed by atoms with E-state index in [1.807, 2.05) is 12.1 Å². The van der Waals surface area contributed by atoms with Crippen molar-refractivity contribution in [2.75, 3.05) is 0 Å². The van der Waals surface area contributed by atoms with Gasteiger partial charge in [0, 0.05) is 6.04 Å². The lowest BCUT2D eigenvalue weighted by Gasteiger charge is -2.09. The van der Waals surface area contributed by atoms with Gasteiger partial charge in [-0.2, -0.15) is 0 Å². The Bertz CT molecular complexity index is 411. The molecule has 0 unspecified atom stereocenters. The van der Waals surface area contributed by atoms with Crippen LogP contribution in [-0.2, 0) is 6.42 Å². The fourth-order valence-corrected chi connectivity index (χ4v) is 1.83. The minimum absolute atomic E-state index is 0.150. The SMILES string of the molecule is CCCCc1cccc(C(=O)NC2CC2)c1O. The number of phenols is 1. The molecule has 1 saturated carbocycles. The van der Waals surface area contributed by atoms with E-state index in [2.05, 4.69) is 12.2 Å². The molecular formula is C14H19NO2. The summed E-state index contributed by atoms with van der Waals surface area (Å²) in [7, 11) is 0. The monoisotopic (exact) mass is 233 g/mol. The summed E-state index contributed by atoms with van der Waals surface area (Å²) in [4.78, 5) is 11.9. The third-order valence-corrected chi connectivity index (χ3v) is 3.08. The molecule has 0 heterocycles. The van der Waals surface area contributed by atoms with Crippen LogP contribution in [-0.4, -0.2) is 17.1 Å². The van der Waals surface area contributed by atoms with Gasteiger partial charge in [-0.25, -0.2) is 0 Å². The van der Waals surface area contributed by atoms with Gasteiger partial charge in [0.15, 0.2) is 0 Å². The highest BCUT2D eigenvalue weighted by molar-refractivity contribution is 5.97. The van der Waals surface area contributed by atoms with Crippen LogP contribution in [0.15, 0.2) is 18.2 Å². The molecule has 92 valence electrons. The molecular weight excluding hydrogens is 214 g/mol. The van der Waals surface area contributed by atoms with Crippen molar-refractivity contribution in [2.45, 2.75) is 45.1 Å². The van der Waals surface area contributed by atoms with Gasteiger partial charge >= 0.3 is 0 Å². The Labute approximate surface area is 102 Å². The van der Waals surface area contributed by atoms with Crippen molar-refractivity contribution >= 4 is 5.91 Å². The highest BCUT2D eigenvalue weighted by Crippen LogP contribution is 2.26. The quantitative estimate of drug-likeness (QED) is 0.821. The molecule has 0 saturated heterocycles. The van der Waals surface area contributed by atoms with Crippen LogP contribution in [0, 0.1) is 0 Å². The van der Waals surface area contributed by atoms with E-state index >= 15 is 0 Å². The number of rotatable bonds is 5. The zero-order valence-corrected chi connectivity index (χ0v) is 10.2. The molecule has 0 aromatic heterocycles. The summed E-state index contributed by atoms with van der Waals surface area (Å²) in [6, 6.07) is 5.73. The predicted molar refractivity (Wildman–Crippen MR) is 67.2 cm³/mol. The number of unbranched alkanes of at least 4 members (excludes halogenated alkanes) is 1. The molecule has 17 heavy (non-hydrogen) atoms. The number of carbonyl (C=O) groups is 1. The number of hydrogen-bond donors (Lipinski definition) is 2. The van der Waals surface area contributed by atoms with E-state index in [-0.39, 0.29) is 11.7 Å². The maximum Gasteiger partial charge on any atom is 0.255 e. The Balaban J connectivity index is 2.12. The van der Waals surface area contributed by atoms with E-state index in [1.165, 1.54) is 0 Å². The number of para-hydroxylation sites is 1. The second-order valence-corrected chi connectivity index (χ2v) is 4.66. The van der Waals surface area contributed by atoms with Crippen molar-refractivity contribution in [3.63, 3.8) is 0 Å². The third-order valence-electron chi connectivity index (χ3n) is 3.08. The van der Waals surface area contributed by atoms with E-state index in [0.29, 0.717) is 11.6 Å². The number of aromatic hydroxyl groups is 1. The molecule has 0 atom stereocenters. The summed E-state index contributed by atoms with van der Waals surface area (Å²) in [6.45, 7) is 2.11. The lowest BCUT2D eigenvalue weighted by molar-refractivity contribution is 0.0948. The van der Waals surface area contributed by atoms with Gasteiger partial charge in [0.05, 0.1) is 5.56 Å². The summed E-state index contributed by atoms with van der Waals surface area (Å²) in [5.74, 6) is 0.00227. The van der Waals surface area contributed by atoms with E-state index < -0.39 is 0 Å². The van der Waals surface area contributed by atoms with Crippen molar-refractivity contribution in [1.82, 2.24) is 5.32 Å². The summed E-state index contributed by atoms with van der Waals surface area (Å²) in [5.41, 5.74) is 1.28. The molecule has 3 heteroatoms. The fraction of sp³-hybridized carbons (Fsp3) is 0.500. The molecule has 0 aliphatic heterocycles. The van der Waals surface area contributed by atoms with Gasteiger partial charge in [0.2, 0.25) is 0 Å². The second kappa shape index (κ2) is 5.21. The predicted octanol–water partition coefficient (Wildman–Crippen LogP) is 2.63. The summed E-state index contributed by atoms with van der Waals surface area (Å²) >= 11 is 0. The molecule has 2 rings (SSSR count). The normalized spacial score (nSPS) is 14.6. The van der Waals surface area contributed by atoms with Crippen LogP contribution < -0.4 is 5.32 Å². The summed E-state index contributed by atoms with van der Waals surface area (Å²) in [6.07, 6.45) is 5.05. The highest BCUT2D eigenvalue weighted by atomic mass is 16.3. The van der Waals surface area contributed by atoms with Crippen molar-refractivity contribution in [3.05, 3.63) is 29.3 Å². The molecule has 1 aromatic carbocycles. The molecule has 2 N–H and O–H groups in total. The average Bonchev–Trinajstić information content (AvgIpc) is 3.11. The first-order valence-electron chi connectivity index (χ1n) is 6.34. The van der Waals surface area contributed by atoms with Gasteiger partial charge in [-0.05, 0) is 37.3 Å². The molecule has 0 bridgehead atoms. The number of amides is 1. The van der Waals surface area contributed by atoms with Gasteiger partial charge < -0.3 is 10.4 Å². The van der Waals surface area contributed by atoms with Gasteiger partial charge in [-0.3, -0.25) is 4.79 Å². The number of carbonyl (C=O) groups excluding carboxylic acids is 1. The Morgan fingerprint density at radius 2 is 2.24 bits per heavy atom. The van der Waals surface area contributed by atoms with Crippen LogP contribution in [0.5, 0.6) is 5.75 Å². The Morgan fingerprint density at radius 3 is 2.88 bits per heavy atom. The van der Waals surface area contributed by atoms with Crippen LogP contribution in [0.4, 0.5) is 0 Å². The van der Waals surface area contributed by atoms with Crippen molar-refractivity contribution in [3.8, 4) is 5.75 Å². The van der Waals surface area contributed by atoms with Gasteiger partial charge in [-0.1, -0.05) is 25.5 Å². The smallest absolute Gasteiger partial charge is 0.255 e. The van der Waals surface area contributed by atoms with Crippen molar-refractivity contribution in [1.29, 1.82) is 0 Å². The van der Waals surface area contributed by atoms with Crippen molar-refractivity contribution < 1.29 is 9.90 Å². The van der Waals surface area contributed by atoms with Crippen molar-refractivity contribution in [2.24, 2.45) is 0 Å². The van der Waals surface area contributed by atoms with Gasteiger partial charge in [-0.15, -0.1) is 0 Å². The molecule has 1 aromatic rings. The zero-order valence-electron chi connectivity index (χ0n) is 10.2. The number of aryl methyl sites for hydroxylation is 1. The topological polar surface area (TPSA) is 49.3 Å². The van der Waals surface area contributed by atoms with E-state index in [1.54, 1.807) is 6.07 Å². The number of benzene rings is 1. The Morgan fingerprint density at radius 1 is 1.47 bits per heavy atom. The Hall–Kier alpha value is -1.51. The van der Waals surface area contributed by atoms with Crippen LogP contribution in [0.25, 0.3) is 0 Å². The first-order valence-corrected chi connectivity index (χ1v) is 6.34. The van der Waals surface area contributed by atoms with Gasteiger partial charge in [0.25, 0.3) is 5.91 Å². The van der Waals surface area contributed by atoms with Crippen LogP contribution >= 0.6 is 0 Å². The van der Waals surface area contributed by atoms with E-state index in [0.717, 1.165) is 37.7 Å². The van der Waals surface area contributed by atoms with Crippen LogP contribution in [0.1, 0.15) is 48.5 Å². The lowest BCUT2D eigenvalue weighted by atomic mass is 10.0.